The fraction of sp³-hybridized carbons (Fsp3) is 0.381. The number of benzene rings is 2. The molecule has 31 heavy (non-hydrogen) atoms. The molecule has 1 N–H and O–H groups in total. The second kappa shape index (κ2) is 8.60. The minimum Gasteiger partial charge on any atom is -0.460 e. The smallest absolute Gasteiger partial charge is 0.416 e. The standard InChI is InChI=1S/C21H22F3NO5S/c1-13-6-7-18(8-14(13)2)31(28,29)25-11-17(26)10-19(25)20(27)30-12-15-4-3-5-16(9-15)21(22,23)24/h3-9,17,19,26H,10-12H2,1-2H3. The summed E-state index contributed by atoms with van der Waals surface area (Å²) in [5.74, 6) is -0.929. The summed E-state index contributed by atoms with van der Waals surface area (Å²) in [5, 5.41) is 10.0. The number of hydrogen-bond donors (Lipinski definition) is 1. The van der Waals surface area contributed by atoms with Gasteiger partial charge in [-0.1, -0.05) is 18.2 Å². The first-order valence-corrected chi connectivity index (χ1v) is 10.9. The van der Waals surface area contributed by atoms with E-state index in [9.17, 15) is 31.5 Å². The van der Waals surface area contributed by atoms with Crippen molar-refractivity contribution in [3.63, 3.8) is 0 Å². The molecule has 0 radical (unpaired) electrons. The van der Waals surface area contributed by atoms with E-state index in [1.54, 1.807) is 13.0 Å². The Morgan fingerprint density at radius 2 is 1.87 bits per heavy atom. The lowest BCUT2D eigenvalue weighted by Crippen LogP contribution is -2.41. The Balaban J connectivity index is 1.78. The third kappa shape index (κ3) is 5.08. The van der Waals surface area contributed by atoms with Crippen LogP contribution < -0.4 is 0 Å². The first-order valence-electron chi connectivity index (χ1n) is 9.49. The largest absolute Gasteiger partial charge is 0.460 e. The molecule has 6 nitrogen and oxygen atoms in total. The van der Waals surface area contributed by atoms with Crippen molar-refractivity contribution in [2.75, 3.05) is 6.54 Å². The molecule has 0 aliphatic carbocycles. The van der Waals surface area contributed by atoms with Crippen LogP contribution in [0, 0.1) is 13.8 Å². The van der Waals surface area contributed by atoms with Gasteiger partial charge in [0.05, 0.1) is 16.6 Å². The molecule has 1 heterocycles. The summed E-state index contributed by atoms with van der Waals surface area (Å²) in [4.78, 5) is 12.6. The average Bonchev–Trinajstić information content (AvgIpc) is 3.10. The van der Waals surface area contributed by atoms with Crippen molar-refractivity contribution in [1.82, 2.24) is 4.31 Å². The lowest BCUT2D eigenvalue weighted by atomic mass is 10.1. The van der Waals surface area contributed by atoms with Crippen molar-refractivity contribution in [1.29, 1.82) is 0 Å². The Bertz CT molecular complexity index is 1080. The predicted octanol–water partition coefficient (Wildman–Crippen LogP) is 3.19. The van der Waals surface area contributed by atoms with Crippen LogP contribution in [0.2, 0.25) is 0 Å². The Morgan fingerprint density at radius 3 is 2.52 bits per heavy atom. The number of halogens is 3. The summed E-state index contributed by atoms with van der Waals surface area (Å²) in [5.41, 5.74) is 0.892. The van der Waals surface area contributed by atoms with Crippen molar-refractivity contribution >= 4 is 16.0 Å². The van der Waals surface area contributed by atoms with Gasteiger partial charge in [0.25, 0.3) is 0 Å². The Kier molecular flexibility index (Phi) is 6.45. The van der Waals surface area contributed by atoms with E-state index in [-0.39, 0.29) is 23.4 Å². The molecule has 0 bridgehead atoms. The van der Waals surface area contributed by atoms with E-state index in [0.29, 0.717) is 0 Å². The van der Waals surface area contributed by atoms with Crippen molar-refractivity contribution < 1.29 is 36.2 Å². The molecule has 0 spiro atoms. The quantitative estimate of drug-likeness (QED) is 0.698. The van der Waals surface area contributed by atoms with Crippen LogP contribution in [0.3, 0.4) is 0 Å². The van der Waals surface area contributed by atoms with Gasteiger partial charge in [0.15, 0.2) is 0 Å². The number of carbonyl (C=O) groups excluding carboxylic acids is 1. The second-order valence-corrected chi connectivity index (χ2v) is 9.42. The Hall–Kier alpha value is -2.43. The maximum absolute atomic E-state index is 13.1. The zero-order chi connectivity index (χ0) is 23.0. The number of β-amino-alcohol motifs (C(OH)–C–C–N with tert-alkyl or cyclic N) is 1. The van der Waals surface area contributed by atoms with Gasteiger partial charge in [-0.05, 0) is 54.8 Å². The lowest BCUT2D eigenvalue weighted by Gasteiger charge is -2.23. The number of rotatable bonds is 5. The number of aliphatic hydroxyl groups excluding tert-OH is 1. The monoisotopic (exact) mass is 457 g/mol. The number of aliphatic hydroxyl groups is 1. The van der Waals surface area contributed by atoms with E-state index in [0.717, 1.165) is 27.6 Å². The van der Waals surface area contributed by atoms with Crippen molar-refractivity contribution in [3.05, 3.63) is 64.7 Å². The maximum Gasteiger partial charge on any atom is 0.416 e. The van der Waals surface area contributed by atoms with E-state index in [1.165, 1.54) is 24.3 Å². The summed E-state index contributed by atoms with van der Waals surface area (Å²) >= 11 is 0. The van der Waals surface area contributed by atoms with Gasteiger partial charge in [0.2, 0.25) is 10.0 Å². The highest BCUT2D eigenvalue weighted by Gasteiger charge is 2.44. The van der Waals surface area contributed by atoms with Gasteiger partial charge in [-0.25, -0.2) is 8.42 Å². The number of sulfonamides is 1. The lowest BCUT2D eigenvalue weighted by molar-refractivity contribution is -0.148. The average molecular weight is 457 g/mol. The van der Waals surface area contributed by atoms with Crippen LogP contribution in [0.4, 0.5) is 13.2 Å². The molecule has 0 amide bonds. The molecule has 3 rings (SSSR count). The number of aryl methyl sites for hydroxylation is 2. The number of ether oxygens (including phenoxy) is 1. The summed E-state index contributed by atoms with van der Waals surface area (Å²) in [6.45, 7) is 2.86. The van der Waals surface area contributed by atoms with Crippen molar-refractivity contribution in [2.45, 2.75) is 50.1 Å². The van der Waals surface area contributed by atoms with Crippen LogP contribution in [0.5, 0.6) is 0 Å². The van der Waals surface area contributed by atoms with Gasteiger partial charge in [-0.3, -0.25) is 4.79 Å². The number of esters is 1. The summed E-state index contributed by atoms with van der Waals surface area (Å²) in [6, 6.07) is 7.62. The molecule has 0 aromatic heterocycles. The molecule has 10 heteroatoms. The normalized spacial score (nSPS) is 20.1. The zero-order valence-corrected chi connectivity index (χ0v) is 17.7. The third-order valence-corrected chi connectivity index (χ3v) is 7.10. The van der Waals surface area contributed by atoms with Crippen LogP contribution in [-0.4, -0.2) is 42.5 Å². The molecular weight excluding hydrogens is 435 g/mol. The van der Waals surface area contributed by atoms with Crippen LogP contribution in [0.1, 0.15) is 28.7 Å². The maximum atomic E-state index is 13.1. The molecule has 2 aromatic rings. The fourth-order valence-corrected chi connectivity index (χ4v) is 5.07. The number of nitrogens with zero attached hydrogens (tertiary/aromatic N) is 1. The first-order chi connectivity index (χ1) is 14.4. The van der Waals surface area contributed by atoms with E-state index in [4.69, 9.17) is 4.74 Å². The summed E-state index contributed by atoms with van der Waals surface area (Å²) < 4.78 is 70.7. The molecular formula is C21H22F3NO5S. The van der Waals surface area contributed by atoms with Gasteiger partial charge in [-0.15, -0.1) is 0 Å². The van der Waals surface area contributed by atoms with E-state index in [1.807, 2.05) is 6.92 Å². The Morgan fingerprint density at radius 1 is 1.16 bits per heavy atom. The molecule has 168 valence electrons. The van der Waals surface area contributed by atoms with Gasteiger partial charge in [-0.2, -0.15) is 17.5 Å². The van der Waals surface area contributed by atoms with E-state index < -0.39 is 46.5 Å². The second-order valence-electron chi connectivity index (χ2n) is 7.53. The molecule has 2 unspecified atom stereocenters. The molecule has 0 saturated carbocycles. The van der Waals surface area contributed by atoms with Crippen LogP contribution in [0.15, 0.2) is 47.4 Å². The number of alkyl halides is 3. The number of hydrogen-bond acceptors (Lipinski definition) is 5. The molecule has 1 fully saturated rings. The molecule has 1 saturated heterocycles. The highest BCUT2D eigenvalue weighted by Crippen LogP contribution is 2.31. The minimum atomic E-state index is -4.54. The molecule has 2 aromatic carbocycles. The van der Waals surface area contributed by atoms with Crippen LogP contribution in [-0.2, 0) is 32.3 Å². The summed E-state index contributed by atoms with van der Waals surface area (Å²) in [6.07, 6.45) is -5.76. The number of carbonyl (C=O) groups is 1. The van der Waals surface area contributed by atoms with Crippen LogP contribution in [0.25, 0.3) is 0 Å². The van der Waals surface area contributed by atoms with E-state index >= 15 is 0 Å². The minimum absolute atomic E-state index is 0.0135. The van der Waals surface area contributed by atoms with Crippen molar-refractivity contribution in [3.8, 4) is 0 Å². The summed E-state index contributed by atoms with van der Waals surface area (Å²) in [7, 11) is -4.09. The first kappa shape index (κ1) is 23.2. The SMILES string of the molecule is Cc1ccc(S(=O)(=O)N2CC(O)CC2C(=O)OCc2cccc(C(F)(F)F)c2)cc1C. The third-order valence-electron chi connectivity index (χ3n) is 5.23. The molecule has 1 aliphatic heterocycles. The topological polar surface area (TPSA) is 83.9 Å². The molecule has 1 aliphatic rings. The highest BCUT2D eigenvalue weighted by molar-refractivity contribution is 7.89. The molecule has 2 atom stereocenters. The van der Waals surface area contributed by atoms with Gasteiger partial charge >= 0.3 is 12.1 Å². The van der Waals surface area contributed by atoms with E-state index in [2.05, 4.69) is 0 Å². The van der Waals surface area contributed by atoms with Gasteiger partial charge in [0, 0.05) is 13.0 Å². The zero-order valence-electron chi connectivity index (χ0n) is 16.9. The van der Waals surface area contributed by atoms with Gasteiger partial charge in [0.1, 0.15) is 12.6 Å². The van der Waals surface area contributed by atoms with Crippen LogP contribution >= 0.6 is 0 Å². The van der Waals surface area contributed by atoms with Gasteiger partial charge < -0.3 is 9.84 Å². The van der Waals surface area contributed by atoms with Crippen molar-refractivity contribution in [2.24, 2.45) is 0 Å². The fourth-order valence-electron chi connectivity index (χ4n) is 3.36. The highest BCUT2D eigenvalue weighted by atomic mass is 32.2. The Labute approximate surface area is 178 Å². The predicted molar refractivity (Wildman–Crippen MR) is 105 cm³/mol.